The molecule has 0 unspecified atom stereocenters. The summed E-state index contributed by atoms with van der Waals surface area (Å²) in [5.41, 5.74) is -0.803. The second-order valence-electron chi connectivity index (χ2n) is 6.53. The summed E-state index contributed by atoms with van der Waals surface area (Å²) in [5, 5.41) is 0. The van der Waals surface area contributed by atoms with Gasteiger partial charge in [0, 0.05) is 12.2 Å². The van der Waals surface area contributed by atoms with Crippen LogP contribution in [0.2, 0.25) is 0 Å². The van der Waals surface area contributed by atoms with Crippen molar-refractivity contribution in [3.8, 4) is 0 Å². The fraction of sp³-hybridized carbons (Fsp3) is 0.667. The zero-order valence-electron chi connectivity index (χ0n) is 13.3. The van der Waals surface area contributed by atoms with Crippen LogP contribution in [0.1, 0.15) is 64.2 Å². The van der Waals surface area contributed by atoms with Crippen molar-refractivity contribution in [2.75, 3.05) is 0 Å². The third-order valence-electron chi connectivity index (χ3n) is 5.03. The molecule has 0 N–H and O–H groups in total. The van der Waals surface area contributed by atoms with Gasteiger partial charge in [0.05, 0.1) is 0 Å². The second kappa shape index (κ2) is 7.12. The van der Waals surface area contributed by atoms with Crippen LogP contribution >= 0.6 is 0 Å². The molecule has 2 aliphatic rings. The number of hydrogen-bond acceptors (Lipinski definition) is 4. The summed E-state index contributed by atoms with van der Waals surface area (Å²) in [5.74, 6) is -0.712. The minimum absolute atomic E-state index is 0.356. The van der Waals surface area contributed by atoms with Gasteiger partial charge in [0.15, 0.2) is 0 Å². The Morgan fingerprint density at radius 3 is 1.36 bits per heavy atom. The first kappa shape index (κ1) is 16.8. The lowest BCUT2D eigenvalue weighted by Gasteiger charge is -2.34. The van der Waals surface area contributed by atoms with Crippen LogP contribution in [-0.4, -0.2) is 23.1 Å². The van der Waals surface area contributed by atoms with E-state index in [1.165, 1.54) is 12.2 Å². The SMILES string of the molecule is C=CC(=O)OC1(CCC2(OC(=O)C=C)CCCC2)CCCC1. The number of rotatable bonds is 7. The van der Waals surface area contributed by atoms with Crippen molar-refractivity contribution in [2.24, 2.45) is 0 Å². The minimum Gasteiger partial charge on any atom is -0.456 e. The van der Waals surface area contributed by atoms with Crippen LogP contribution in [0, 0.1) is 0 Å². The van der Waals surface area contributed by atoms with E-state index in [4.69, 9.17) is 9.47 Å². The van der Waals surface area contributed by atoms with E-state index in [2.05, 4.69) is 13.2 Å². The van der Waals surface area contributed by atoms with Gasteiger partial charge in [-0.05, 0) is 64.2 Å². The van der Waals surface area contributed by atoms with Gasteiger partial charge in [-0.25, -0.2) is 9.59 Å². The minimum atomic E-state index is -0.401. The fourth-order valence-electron chi connectivity index (χ4n) is 3.81. The molecule has 2 aliphatic carbocycles. The topological polar surface area (TPSA) is 52.6 Å². The van der Waals surface area contributed by atoms with E-state index >= 15 is 0 Å². The first-order valence-corrected chi connectivity index (χ1v) is 8.24. The second-order valence-corrected chi connectivity index (χ2v) is 6.53. The Hall–Kier alpha value is -1.58. The van der Waals surface area contributed by atoms with Crippen molar-refractivity contribution in [3.63, 3.8) is 0 Å². The van der Waals surface area contributed by atoms with Gasteiger partial charge in [-0.2, -0.15) is 0 Å². The maximum atomic E-state index is 11.6. The highest BCUT2D eigenvalue weighted by atomic mass is 16.6. The van der Waals surface area contributed by atoms with Crippen LogP contribution in [0.3, 0.4) is 0 Å². The lowest BCUT2D eigenvalue weighted by molar-refractivity contribution is -0.162. The van der Waals surface area contributed by atoms with Crippen molar-refractivity contribution in [2.45, 2.75) is 75.4 Å². The Labute approximate surface area is 132 Å². The lowest BCUT2D eigenvalue weighted by atomic mass is 9.87. The molecule has 2 rings (SSSR count). The summed E-state index contributed by atoms with van der Waals surface area (Å²) >= 11 is 0. The number of esters is 2. The molecule has 122 valence electrons. The highest BCUT2D eigenvalue weighted by molar-refractivity contribution is 5.82. The van der Waals surface area contributed by atoms with Gasteiger partial charge in [0.1, 0.15) is 11.2 Å². The molecule has 0 aromatic carbocycles. The van der Waals surface area contributed by atoms with E-state index in [9.17, 15) is 9.59 Å². The first-order chi connectivity index (χ1) is 10.5. The summed E-state index contributed by atoms with van der Waals surface area (Å²) < 4.78 is 11.3. The Morgan fingerprint density at radius 1 is 0.773 bits per heavy atom. The molecule has 0 heterocycles. The Kier molecular flexibility index (Phi) is 5.43. The van der Waals surface area contributed by atoms with Crippen molar-refractivity contribution >= 4 is 11.9 Å². The number of carbonyl (C=O) groups excluding carboxylic acids is 2. The fourth-order valence-corrected chi connectivity index (χ4v) is 3.81. The Bertz CT molecular complexity index is 398. The largest absolute Gasteiger partial charge is 0.456 e. The highest BCUT2D eigenvalue weighted by Crippen LogP contribution is 2.43. The molecule has 0 radical (unpaired) electrons. The molecule has 4 heteroatoms. The number of ether oxygens (including phenoxy) is 2. The third kappa shape index (κ3) is 3.99. The van der Waals surface area contributed by atoms with Crippen LogP contribution in [0.25, 0.3) is 0 Å². The van der Waals surface area contributed by atoms with Crippen LogP contribution in [-0.2, 0) is 19.1 Å². The monoisotopic (exact) mass is 306 g/mol. The summed E-state index contributed by atoms with van der Waals surface area (Å²) in [6.07, 6.45) is 11.8. The molecule has 0 aromatic rings. The predicted octanol–water partition coefficient (Wildman–Crippen LogP) is 3.85. The van der Waals surface area contributed by atoms with E-state index in [0.717, 1.165) is 64.2 Å². The Balaban J connectivity index is 2.02. The number of carbonyl (C=O) groups is 2. The molecule has 0 spiro atoms. The predicted molar refractivity (Wildman–Crippen MR) is 84.2 cm³/mol. The summed E-state index contributed by atoms with van der Waals surface area (Å²) in [6.45, 7) is 6.96. The summed E-state index contributed by atoms with van der Waals surface area (Å²) in [6, 6.07) is 0. The van der Waals surface area contributed by atoms with E-state index in [-0.39, 0.29) is 11.9 Å². The summed E-state index contributed by atoms with van der Waals surface area (Å²) in [7, 11) is 0. The normalized spacial score (nSPS) is 22.0. The van der Waals surface area contributed by atoms with E-state index in [1.54, 1.807) is 0 Å². The highest BCUT2D eigenvalue weighted by Gasteiger charge is 2.43. The van der Waals surface area contributed by atoms with Gasteiger partial charge in [0.25, 0.3) is 0 Å². The smallest absolute Gasteiger partial charge is 0.330 e. The molecule has 0 bridgehead atoms. The van der Waals surface area contributed by atoms with Crippen molar-refractivity contribution in [1.29, 1.82) is 0 Å². The van der Waals surface area contributed by atoms with E-state index < -0.39 is 11.2 Å². The molecule has 0 atom stereocenters. The zero-order valence-corrected chi connectivity index (χ0v) is 13.3. The third-order valence-corrected chi connectivity index (χ3v) is 5.03. The molecular weight excluding hydrogens is 280 g/mol. The van der Waals surface area contributed by atoms with Crippen LogP contribution in [0.4, 0.5) is 0 Å². The molecule has 2 fully saturated rings. The zero-order chi connectivity index (χ0) is 16.1. The van der Waals surface area contributed by atoms with Crippen molar-refractivity contribution in [3.05, 3.63) is 25.3 Å². The van der Waals surface area contributed by atoms with E-state index in [1.807, 2.05) is 0 Å². The number of hydrogen-bond donors (Lipinski definition) is 0. The van der Waals surface area contributed by atoms with Crippen molar-refractivity contribution in [1.82, 2.24) is 0 Å². The molecule has 0 amide bonds. The van der Waals surface area contributed by atoms with Gasteiger partial charge in [-0.1, -0.05) is 13.2 Å². The van der Waals surface area contributed by atoms with E-state index in [0.29, 0.717) is 0 Å². The first-order valence-electron chi connectivity index (χ1n) is 8.24. The maximum absolute atomic E-state index is 11.6. The molecular formula is C18H26O4. The van der Waals surface area contributed by atoms with Gasteiger partial charge in [-0.3, -0.25) is 0 Å². The Morgan fingerprint density at radius 2 is 1.09 bits per heavy atom. The quantitative estimate of drug-likeness (QED) is 0.529. The van der Waals surface area contributed by atoms with Crippen LogP contribution in [0.5, 0.6) is 0 Å². The average molecular weight is 306 g/mol. The molecule has 0 aliphatic heterocycles. The average Bonchev–Trinajstić information content (AvgIpc) is 3.16. The van der Waals surface area contributed by atoms with Gasteiger partial charge < -0.3 is 9.47 Å². The van der Waals surface area contributed by atoms with Gasteiger partial charge >= 0.3 is 11.9 Å². The molecule has 22 heavy (non-hydrogen) atoms. The molecule has 2 saturated carbocycles. The van der Waals surface area contributed by atoms with Gasteiger partial charge in [0.2, 0.25) is 0 Å². The standard InChI is InChI=1S/C18H26O4/c1-3-15(19)21-17(9-5-6-10-17)13-14-18(11-7-8-12-18)22-16(20)4-2/h3-4H,1-2,5-14H2. The van der Waals surface area contributed by atoms with Crippen LogP contribution < -0.4 is 0 Å². The summed E-state index contributed by atoms with van der Waals surface area (Å²) in [4.78, 5) is 23.3. The van der Waals surface area contributed by atoms with Gasteiger partial charge in [-0.15, -0.1) is 0 Å². The molecule has 4 nitrogen and oxygen atoms in total. The lowest BCUT2D eigenvalue weighted by Crippen LogP contribution is -2.37. The van der Waals surface area contributed by atoms with Crippen LogP contribution in [0.15, 0.2) is 25.3 Å². The maximum Gasteiger partial charge on any atom is 0.330 e. The molecule has 0 saturated heterocycles. The molecule has 0 aromatic heterocycles. The van der Waals surface area contributed by atoms with Crippen molar-refractivity contribution < 1.29 is 19.1 Å².